The van der Waals surface area contributed by atoms with E-state index >= 15 is 0 Å². The van der Waals surface area contributed by atoms with Crippen LogP contribution in [0.2, 0.25) is 5.02 Å². The van der Waals surface area contributed by atoms with E-state index in [1.54, 1.807) is 5.32 Å². The lowest BCUT2D eigenvalue weighted by molar-refractivity contribution is -0.123. The van der Waals surface area contributed by atoms with Gasteiger partial charge < -0.3 is 16.2 Å². The molecule has 0 saturated carbocycles. The number of primary amides is 1. The van der Waals surface area contributed by atoms with Crippen molar-refractivity contribution >= 4 is 35.2 Å². The van der Waals surface area contributed by atoms with Crippen molar-refractivity contribution in [1.29, 1.82) is 0 Å². The van der Waals surface area contributed by atoms with E-state index in [-0.39, 0.29) is 11.3 Å². The summed E-state index contributed by atoms with van der Waals surface area (Å²) in [5, 5.41) is 2.05. The molecule has 0 saturated heterocycles. The van der Waals surface area contributed by atoms with Gasteiger partial charge in [0.25, 0.3) is 5.91 Å². The van der Waals surface area contributed by atoms with Crippen molar-refractivity contribution in [2.45, 2.75) is 0 Å². The van der Waals surface area contributed by atoms with Crippen molar-refractivity contribution in [2.24, 2.45) is 5.73 Å². The van der Waals surface area contributed by atoms with E-state index in [0.29, 0.717) is 5.02 Å². The molecule has 0 radical (unpaired) electrons. The molecule has 3 amide bonds. The van der Waals surface area contributed by atoms with Gasteiger partial charge in [0, 0.05) is 0 Å². The molecule has 5 N–H and O–H groups in total. The molecule has 0 aromatic heterocycles. The number of hydrogen-bond donors (Lipinski definition) is 3. The predicted octanol–water partition coefficient (Wildman–Crippen LogP) is 0.274. The molecule has 0 aliphatic heterocycles. The lowest BCUT2D eigenvalue weighted by Crippen LogP contribution is -2.37. The van der Waals surface area contributed by atoms with Crippen LogP contribution in [-0.4, -0.2) is 24.5 Å². The Morgan fingerprint density at radius 2 is 2.00 bits per heavy atom. The fourth-order valence-corrected chi connectivity index (χ4v) is 1.18. The van der Waals surface area contributed by atoms with Crippen LogP contribution >= 0.6 is 11.6 Å². The van der Waals surface area contributed by atoms with Crippen molar-refractivity contribution in [3.63, 3.8) is 0 Å². The highest BCUT2D eigenvalue weighted by Crippen LogP contribution is 2.19. The molecule has 7 nitrogen and oxygen atoms in total. The Labute approximate surface area is 107 Å². The number of nitrogens with two attached hydrogens (primary N) is 2. The van der Waals surface area contributed by atoms with Crippen LogP contribution in [0.3, 0.4) is 0 Å². The lowest BCUT2D eigenvalue weighted by Gasteiger charge is -2.05. The highest BCUT2D eigenvalue weighted by atomic mass is 35.5. The second kappa shape index (κ2) is 5.87. The number of carbonyl (C=O) groups excluding carboxylic acids is 3. The number of rotatable bonds is 3. The maximum atomic E-state index is 11.5. The number of imide groups is 1. The molecule has 8 heteroatoms. The van der Waals surface area contributed by atoms with E-state index < -0.39 is 24.5 Å². The van der Waals surface area contributed by atoms with Gasteiger partial charge in [-0.1, -0.05) is 11.6 Å². The third-order valence-corrected chi connectivity index (χ3v) is 2.17. The molecular weight excluding hydrogens is 262 g/mol. The molecular formula is C10H10ClN3O4. The minimum absolute atomic E-state index is 0.142. The SMILES string of the molecule is NC(=O)NC(=O)COC(=O)c1ccc(Cl)c(N)c1. The first-order chi connectivity index (χ1) is 8.40. The third kappa shape index (κ3) is 3.95. The van der Waals surface area contributed by atoms with Crippen LogP contribution in [-0.2, 0) is 9.53 Å². The summed E-state index contributed by atoms with van der Waals surface area (Å²) < 4.78 is 4.63. The molecule has 18 heavy (non-hydrogen) atoms. The Morgan fingerprint density at radius 1 is 1.33 bits per heavy atom. The number of benzene rings is 1. The maximum absolute atomic E-state index is 11.5. The van der Waals surface area contributed by atoms with Gasteiger partial charge in [-0.25, -0.2) is 9.59 Å². The van der Waals surface area contributed by atoms with Crippen molar-refractivity contribution in [3.8, 4) is 0 Å². The average molecular weight is 272 g/mol. The second-order valence-electron chi connectivity index (χ2n) is 3.22. The second-order valence-corrected chi connectivity index (χ2v) is 3.63. The first-order valence-corrected chi connectivity index (χ1v) is 5.09. The highest BCUT2D eigenvalue weighted by Gasteiger charge is 2.12. The molecule has 1 aromatic carbocycles. The van der Waals surface area contributed by atoms with Crippen LogP contribution in [0, 0.1) is 0 Å². The fraction of sp³-hybridized carbons (Fsp3) is 0.100. The first kappa shape index (κ1) is 13.8. The highest BCUT2D eigenvalue weighted by molar-refractivity contribution is 6.33. The first-order valence-electron chi connectivity index (χ1n) is 4.71. The number of halogens is 1. The molecule has 96 valence electrons. The normalized spacial score (nSPS) is 9.61. The summed E-state index contributed by atoms with van der Waals surface area (Å²) in [5.41, 5.74) is 10.6. The maximum Gasteiger partial charge on any atom is 0.338 e. The Morgan fingerprint density at radius 3 is 2.56 bits per heavy atom. The number of ether oxygens (including phenoxy) is 1. The number of nitrogens with one attached hydrogen (secondary N) is 1. The van der Waals surface area contributed by atoms with Crippen LogP contribution in [0.5, 0.6) is 0 Å². The zero-order chi connectivity index (χ0) is 13.7. The van der Waals surface area contributed by atoms with E-state index in [0.717, 1.165) is 0 Å². The number of esters is 1. The van der Waals surface area contributed by atoms with Crippen molar-refractivity contribution < 1.29 is 19.1 Å². The summed E-state index contributed by atoms with van der Waals surface area (Å²) in [6, 6.07) is 3.12. The molecule has 1 rings (SSSR count). The summed E-state index contributed by atoms with van der Waals surface area (Å²) in [4.78, 5) is 32.8. The lowest BCUT2D eigenvalue weighted by atomic mass is 10.2. The van der Waals surface area contributed by atoms with E-state index in [1.807, 2.05) is 0 Å². The molecule has 1 aromatic rings. The number of nitrogen functional groups attached to an aromatic ring is 1. The van der Waals surface area contributed by atoms with Crippen LogP contribution in [0.4, 0.5) is 10.5 Å². The third-order valence-electron chi connectivity index (χ3n) is 1.83. The average Bonchev–Trinajstić information content (AvgIpc) is 2.28. The van der Waals surface area contributed by atoms with Gasteiger partial charge in [0.15, 0.2) is 6.61 Å². The molecule has 0 atom stereocenters. The molecule has 0 aliphatic carbocycles. The Hall–Kier alpha value is -2.28. The quantitative estimate of drug-likeness (QED) is 0.538. The Balaban J connectivity index is 2.58. The predicted molar refractivity (Wildman–Crippen MR) is 63.9 cm³/mol. The van der Waals surface area contributed by atoms with Gasteiger partial charge in [-0.15, -0.1) is 0 Å². The summed E-state index contributed by atoms with van der Waals surface area (Å²) in [6.45, 7) is -0.621. The van der Waals surface area contributed by atoms with Crippen molar-refractivity contribution in [2.75, 3.05) is 12.3 Å². The van der Waals surface area contributed by atoms with Crippen molar-refractivity contribution in [1.82, 2.24) is 5.32 Å². The van der Waals surface area contributed by atoms with Gasteiger partial charge in [0.05, 0.1) is 16.3 Å². The van der Waals surface area contributed by atoms with Gasteiger partial charge in [-0.05, 0) is 18.2 Å². The van der Waals surface area contributed by atoms with Crippen LogP contribution in [0.25, 0.3) is 0 Å². The fourth-order valence-electron chi connectivity index (χ4n) is 1.06. The monoisotopic (exact) mass is 271 g/mol. The van der Waals surface area contributed by atoms with Crippen LogP contribution in [0.1, 0.15) is 10.4 Å². The molecule has 0 fully saturated rings. The van der Waals surface area contributed by atoms with Crippen LogP contribution < -0.4 is 16.8 Å². The Kier molecular flexibility index (Phi) is 4.50. The Bertz CT molecular complexity index is 504. The van der Waals surface area contributed by atoms with E-state index in [9.17, 15) is 14.4 Å². The standard InChI is InChI=1S/C10H10ClN3O4/c11-6-2-1-5(3-7(6)12)9(16)18-4-8(15)14-10(13)17/h1-3H,4,12H2,(H3,13,14,15,17). The van der Waals surface area contributed by atoms with Gasteiger partial charge >= 0.3 is 12.0 Å². The zero-order valence-electron chi connectivity index (χ0n) is 9.10. The largest absolute Gasteiger partial charge is 0.452 e. The zero-order valence-corrected chi connectivity index (χ0v) is 9.86. The van der Waals surface area contributed by atoms with Gasteiger partial charge in [-0.2, -0.15) is 0 Å². The summed E-state index contributed by atoms with van der Waals surface area (Å²) >= 11 is 5.68. The molecule has 0 aliphatic rings. The molecule has 0 heterocycles. The van der Waals surface area contributed by atoms with E-state index in [2.05, 4.69) is 4.74 Å². The van der Waals surface area contributed by atoms with Crippen LogP contribution in [0.15, 0.2) is 18.2 Å². The van der Waals surface area contributed by atoms with Crippen molar-refractivity contribution in [3.05, 3.63) is 28.8 Å². The van der Waals surface area contributed by atoms with E-state index in [1.165, 1.54) is 18.2 Å². The topological polar surface area (TPSA) is 125 Å². The number of amides is 3. The smallest absolute Gasteiger partial charge is 0.338 e. The van der Waals surface area contributed by atoms with Gasteiger partial charge in [0.1, 0.15) is 0 Å². The molecule has 0 unspecified atom stereocenters. The van der Waals surface area contributed by atoms with Gasteiger partial charge in [0.2, 0.25) is 0 Å². The summed E-state index contributed by atoms with van der Waals surface area (Å²) in [7, 11) is 0. The number of hydrogen-bond acceptors (Lipinski definition) is 5. The minimum atomic E-state index is -1.02. The minimum Gasteiger partial charge on any atom is -0.452 e. The van der Waals surface area contributed by atoms with E-state index in [4.69, 9.17) is 23.1 Å². The number of carbonyl (C=O) groups is 3. The number of urea groups is 1. The summed E-state index contributed by atoms with van der Waals surface area (Å²) in [5.74, 6) is -1.59. The molecule has 0 bridgehead atoms. The number of anilines is 1. The molecule has 0 spiro atoms. The van der Waals surface area contributed by atoms with Gasteiger partial charge in [-0.3, -0.25) is 10.1 Å². The summed E-state index contributed by atoms with van der Waals surface area (Å²) in [6.07, 6.45) is 0.